The third-order valence-corrected chi connectivity index (χ3v) is 6.56. The molecule has 0 radical (unpaired) electrons. The summed E-state index contributed by atoms with van der Waals surface area (Å²) in [4.78, 5) is 52.5. The van der Waals surface area contributed by atoms with Gasteiger partial charge in [0, 0.05) is 6.42 Å². The maximum Gasteiger partial charge on any atom is 0.249 e. The van der Waals surface area contributed by atoms with Gasteiger partial charge in [0.05, 0.1) is 12.6 Å². The van der Waals surface area contributed by atoms with E-state index < -0.39 is 47.6 Å². The molecule has 0 bridgehead atoms. The van der Waals surface area contributed by atoms with Gasteiger partial charge in [-0.1, -0.05) is 71.4 Å². The van der Waals surface area contributed by atoms with E-state index in [1.54, 1.807) is 6.92 Å². The summed E-state index contributed by atoms with van der Waals surface area (Å²) in [5.74, 6) is -1.57. The number of amides is 3. The molecule has 1 heterocycles. The second kappa shape index (κ2) is 14.4. The highest BCUT2D eigenvalue weighted by Gasteiger charge is 2.50. The van der Waals surface area contributed by atoms with E-state index in [1.165, 1.54) is 0 Å². The second-order valence-corrected chi connectivity index (χ2v) is 11.3. The summed E-state index contributed by atoms with van der Waals surface area (Å²) < 4.78 is 5.33. The number of aliphatic hydroxyl groups is 1. The monoisotopic (exact) mass is 531 g/mol. The molecule has 0 spiro atoms. The molecule has 1 aromatic carbocycles. The Morgan fingerprint density at radius 2 is 1.37 bits per heavy atom. The van der Waals surface area contributed by atoms with Crippen molar-refractivity contribution in [3.8, 4) is 0 Å². The molecular formula is C29H45N3O6. The van der Waals surface area contributed by atoms with Crippen LogP contribution in [0.25, 0.3) is 0 Å². The lowest BCUT2D eigenvalue weighted by molar-refractivity contribution is -0.136. The number of Topliss-reactive ketones (excluding diaryl/α,β-unsaturated/α-hetero) is 1. The third-order valence-electron chi connectivity index (χ3n) is 6.56. The maximum absolute atomic E-state index is 13.5. The molecule has 1 aliphatic heterocycles. The zero-order valence-electron chi connectivity index (χ0n) is 23.6. The first-order valence-corrected chi connectivity index (χ1v) is 13.7. The van der Waals surface area contributed by atoms with E-state index in [9.17, 15) is 24.3 Å². The molecule has 1 aromatic rings. The number of epoxide rings is 1. The van der Waals surface area contributed by atoms with E-state index in [0.29, 0.717) is 25.9 Å². The van der Waals surface area contributed by atoms with Gasteiger partial charge in [0.1, 0.15) is 23.8 Å². The largest absolute Gasteiger partial charge is 0.383 e. The first kappa shape index (κ1) is 31.4. The van der Waals surface area contributed by atoms with E-state index in [1.807, 2.05) is 65.0 Å². The van der Waals surface area contributed by atoms with Crippen LogP contribution in [0.3, 0.4) is 0 Å². The zero-order chi connectivity index (χ0) is 28.5. The summed E-state index contributed by atoms with van der Waals surface area (Å²) in [7, 11) is 0. The van der Waals surface area contributed by atoms with E-state index in [-0.39, 0.29) is 30.5 Å². The van der Waals surface area contributed by atoms with Crippen LogP contribution in [0.15, 0.2) is 30.3 Å². The fraction of sp³-hybridized carbons (Fsp3) is 0.655. The number of carbonyl (C=O) groups excluding carboxylic acids is 4. The van der Waals surface area contributed by atoms with Crippen LogP contribution in [0.2, 0.25) is 0 Å². The molecule has 1 saturated heterocycles. The lowest BCUT2D eigenvalue weighted by Crippen LogP contribution is -2.58. The van der Waals surface area contributed by atoms with Gasteiger partial charge in [0.2, 0.25) is 17.7 Å². The molecule has 1 aliphatic rings. The quantitative estimate of drug-likeness (QED) is 0.242. The number of hydrogen-bond acceptors (Lipinski definition) is 6. The number of ketones is 1. The molecule has 9 heteroatoms. The predicted molar refractivity (Wildman–Crippen MR) is 145 cm³/mol. The van der Waals surface area contributed by atoms with Crippen molar-refractivity contribution in [2.45, 2.75) is 103 Å². The van der Waals surface area contributed by atoms with Crippen LogP contribution in [-0.2, 0) is 30.3 Å². The molecule has 0 aliphatic carbocycles. The number of nitrogens with one attached hydrogen (secondary N) is 3. The first-order valence-electron chi connectivity index (χ1n) is 13.7. The van der Waals surface area contributed by atoms with Crippen LogP contribution in [-0.4, -0.2) is 65.0 Å². The minimum absolute atomic E-state index is 0.0723. The Bertz CT molecular complexity index is 945. The molecule has 3 amide bonds. The summed E-state index contributed by atoms with van der Waals surface area (Å²) in [6, 6.07) is 6.62. The fourth-order valence-electron chi connectivity index (χ4n) is 4.30. The van der Waals surface area contributed by atoms with Crippen LogP contribution in [0.5, 0.6) is 0 Å². The molecule has 0 aromatic heterocycles. The SMILES string of the molecule is CCC[C@H](O)C(=O)NC(CC(C)C)C(=O)N[C@@H](Cc1ccccc1)C(=O)N[C@@H](CC(C)C)C(=O)[C@@]1(C)CO1. The van der Waals surface area contributed by atoms with E-state index in [0.717, 1.165) is 5.56 Å². The Morgan fingerprint density at radius 3 is 1.89 bits per heavy atom. The zero-order valence-corrected chi connectivity index (χ0v) is 23.6. The van der Waals surface area contributed by atoms with Gasteiger partial charge >= 0.3 is 0 Å². The van der Waals surface area contributed by atoms with Crippen molar-refractivity contribution in [1.82, 2.24) is 16.0 Å². The van der Waals surface area contributed by atoms with Crippen LogP contribution >= 0.6 is 0 Å². The van der Waals surface area contributed by atoms with Crippen molar-refractivity contribution in [1.29, 1.82) is 0 Å². The molecular weight excluding hydrogens is 486 g/mol. The standard InChI is InChI=1S/C29H45N3O6/c1-7-11-24(33)28(37)32-22(15-19(4)5)26(35)31-23(16-20-12-9-8-10-13-20)27(36)30-21(14-18(2)3)25(34)29(6)17-38-29/h8-10,12-13,18-19,21-24,33H,7,11,14-17H2,1-6H3,(H,30,36)(H,31,35)(H,32,37)/t21-,22?,23-,24-,29+/m0/s1. The maximum atomic E-state index is 13.5. The average Bonchev–Trinajstić information content (AvgIpc) is 3.60. The van der Waals surface area contributed by atoms with Crippen molar-refractivity contribution in [3.05, 3.63) is 35.9 Å². The highest BCUT2D eigenvalue weighted by atomic mass is 16.6. The summed E-state index contributed by atoms with van der Waals surface area (Å²) in [5.41, 5.74) is -0.0586. The molecule has 1 fully saturated rings. The Labute approximate surface area is 226 Å². The molecule has 0 saturated carbocycles. The molecule has 9 nitrogen and oxygen atoms in total. The van der Waals surface area contributed by atoms with Gasteiger partial charge in [-0.2, -0.15) is 0 Å². The number of aliphatic hydroxyl groups excluding tert-OH is 1. The van der Waals surface area contributed by atoms with Crippen LogP contribution in [0.4, 0.5) is 0 Å². The first-order chi connectivity index (χ1) is 17.9. The van der Waals surface area contributed by atoms with Crippen molar-refractivity contribution >= 4 is 23.5 Å². The fourth-order valence-corrected chi connectivity index (χ4v) is 4.30. The van der Waals surface area contributed by atoms with Crippen LogP contribution < -0.4 is 16.0 Å². The number of hydrogen-bond donors (Lipinski definition) is 4. The Hall–Kier alpha value is -2.78. The highest BCUT2D eigenvalue weighted by Crippen LogP contribution is 2.29. The molecule has 2 rings (SSSR count). The van der Waals surface area contributed by atoms with Gasteiger partial charge in [-0.3, -0.25) is 19.2 Å². The van der Waals surface area contributed by atoms with Crippen molar-refractivity contribution < 1.29 is 29.0 Å². The van der Waals surface area contributed by atoms with Crippen molar-refractivity contribution in [3.63, 3.8) is 0 Å². The van der Waals surface area contributed by atoms with Gasteiger partial charge in [0.15, 0.2) is 5.78 Å². The van der Waals surface area contributed by atoms with Gasteiger partial charge < -0.3 is 25.8 Å². The average molecular weight is 532 g/mol. The van der Waals surface area contributed by atoms with Crippen LogP contribution in [0.1, 0.15) is 72.8 Å². The Kier molecular flexibility index (Phi) is 11.9. The number of benzene rings is 1. The Balaban J connectivity index is 2.25. The van der Waals surface area contributed by atoms with Gasteiger partial charge in [0.25, 0.3) is 0 Å². The molecule has 1 unspecified atom stereocenters. The minimum Gasteiger partial charge on any atom is -0.383 e. The minimum atomic E-state index is -1.21. The summed E-state index contributed by atoms with van der Waals surface area (Å²) in [6.45, 7) is 11.7. The third kappa shape index (κ3) is 9.83. The van der Waals surface area contributed by atoms with E-state index in [2.05, 4.69) is 16.0 Å². The number of carbonyl (C=O) groups is 4. The molecule has 4 N–H and O–H groups in total. The van der Waals surface area contributed by atoms with Gasteiger partial charge in [-0.25, -0.2) is 0 Å². The van der Waals surface area contributed by atoms with Gasteiger partial charge in [-0.15, -0.1) is 0 Å². The van der Waals surface area contributed by atoms with Gasteiger partial charge in [-0.05, 0) is 43.6 Å². The van der Waals surface area contributed by atoms with E-state index in [4.69, 9.17) is 4.74 Å². The summed E-state index contributed by atoms with van der Waals surface area (Å²) in [5, 5.41) is 18.4. The number of rotatable bonds is 16. The second-order valence-electron chi connectivity index (χ2n) is 11.3. The molecule has 212 valence electrons. The van der Waals surface area contributed by atoms with E-state index >= 15 is 0 Å². The topological polar surface area (TPSA) is 137 Å². The van der Waals surface area contributed by atoms with Crippen LogP contribution in [0, 0.1) is 11.8 Å². The number of ether oxygens (including phenoxy) is 1. The van der Waals surface area contributed by atoms with Crippen molar-refractivity contribution in [2.75, 3.05) is 6.61 Å². The summed E-state index contributed by atoms with van der Waals surface area (Å²) in [6.07, 6.45) is 0.677. The van der Waals surface area contributed by atoms with Crippen molar-refractivity contribution in [2.24, 2.45) is 11.8 Å². The molecule has 38 heavy (non-hydrogen) atoms. The Morgan fingerprint density at radius 1 is 0.868 bits per heavy atom. The normalized spacial score (nSPS) is 19.8. The predicted octanol–water partition coefficient (Wildman–Crippen LogP) is 2.29. The lowest BCUT2D eigenvalue weighted by atomic mass is 9.93. The molecule has 5 atom stereocenters. The summed E-state index contributed by atoms with van der Waals surface area (Å²) >= 11 is 0. The lowest BCUT2D eigenvalue weighted by Gasteiger charge is -2.27. The smallest absolute Gasteiger partial charge is 0.249 e. The highest BCUT2D eigenvalue weighted by molar-refractivity contribution is 5.98.